The van der Waals surface area contributed by atoms with Crippen molar-refractivity contribution in [1.82, 2.24) is 0 Å². The Morgan fingerprint density at radius 1 is 0.290 bits per heavy atom. The number of rotatable bonds is 71. The monoisotopic (exact) mass is 1440 g/mol. The summed E-state index contributed by atoms with van der Waals surface area (Å²) in [5.74, 6) is -2.30. The van der Waals surface area contributed by atoms with Gasteiger partial charge >= 0.3 is 39.5 Å². The van der Waals surface area contributed by atoms with Gasteiger partial charge < -0.3 is 33.8 Å². The maximum Gasteiger partial charge on any atom is 0.472 e. The van der Waals surface area contributed by atoms with Crippen LogP contribution in [0.3, 0.4) is 0 Å². The van der Waals surface area contributed by atoms with Gasteiger partial charge in [0.1, 0.15) is 19.3 Å². The zero-order valence-corrected chi connectivity index (χ0v) is 64.1. The largest absolute Gasteiger partial charge is 0.472 e. The van der Waals surface area contributed by atoms with E-state index in [9.17, 15) is 43.2 Å². The number of carbonyl (C=O) groups excluding carboxylic acids is 4. The van der Waals surface area contributed by atoms with Crippen molar-refractivity contribution in [3.05, 3.63) is 134 Å². The van der Waals surface area contributed by atoms with Crippen LogP contribution in [-0.4, -0.2) is 96.7 Å². The molecular formula is C81H136O17P2. The molecule has 0 aromatic carbocycles. The van der Waals surface area contributed by atoms with Crippen LogP contribution < -0.4 is 0 Å². The molecule has 0 fully saturated rings. The Labute approximate surface area is 605 Å². The van der Waals surface area contributed by atoms with Crippen molar-refractivity contribution in [2.24, 2.45) is 0 Å². The number of phosphoric acid groups is 2. The van der Waals surface area contributed by atoms with Crippen LogP contribution in [-0.2, 0) is 65.4 Å². The zero-order chi connectivity index (χ0) is 73.2. The number of esters is 4. The SMILES string of the molecule is CC/C=C\C/C=C\C/C=C\C/C=C\CCCCC(=O)OCC(COP(=O)(O)OCC(O)COP(=O)(O)OCC(COC(=O)CCCCCCC/C=C\C/C=C\CCCCC)OC(=O)CCCCCCC/C=C\CCCCCCCC)OC(=O)CCCC/C=C\C/C=C\C/C=C\C/C=C\CC. The Morgan fingerprint density at radius 3 is 0.850 bits per heavy atom. The normalized spacial score (nSPS) is 14.7. The highest BCUT2D eigenvalue weighted by atomic mass is 31.2. The first kappa shape index (κ1) is 95.2. The molecule has 0 bridgehead atoms. The molecule has 0 aliphatic rings. The molecule has 0 aromatic heterocycles. The Balaban J connectivity index is 5.45. The topological polar surface area (TPSA) is 237 Å². The van der Waals surface area contributed by atoms with E-state index in [1.807, 2.05) is 0 Å². The van der Waals surface area contributed by atoms with Gasteiger partial charge in [-0.1, -0.05) is 245 Å². The lowest BCUT2D eigenvalue weighted by Crippen LogP contribution is -2.30. The molecule has 0 aliphatic carbocycles. The second-order valence-electron chi connectivity index (χ2n) is 25.2. The summed E-state index contributed by atoms with van der Waals surface area (Å²) < 4.78 is 68.4. The number of aliphatic hydroxyl groups excluding tert-OH is 1. The van der Waals surface area contributed by atoms with E-state index in [0.29, 0.717) is 32.1 Å². The minimum atomic E-state index is -5.00. The van der Waals surface area contributed by atoms with Crippen molar-refractivity contribution in [3.63, 3.8) is 0 Å². The van der Waals surface area contributed by atoms with Gasteiger partial charge in [-0.25, -0.2) is 9.13 Å². The molecule has 5 atom stereocenters. The van der Waals surface area contributed by atoms with Crippen LogP contribution in [0.1, 0.15) is 297 Å². The van der Waals surface area contributed by atoms with Gasteiger partial charge in [-0.2, -0.15) is 0 Å². The first-order valence-corrected chi connectivity index (χ1v) is 41.4. The summed E-state index contributed by atoms with van der Waals surface area (Å²) in [6, 6.07) is 0. The lowest BCUT2D eigenvalue weighted by atomic mass is 10.1. The third-order valence-corrected chi connectivity index (χ3v) is 17.5. The van der Waals surface area contributed by atoms with E-state index in [1.54, 1.807) is 0 Å². The van der Waals surface area contributed by atoms with Crippen LogP contribution >= 0.6 is 15.6 Å². The number of carbonyl (C=O) groups is 4. The van der Waals surface area contributed by atoms with Crippen molar-refractivity contribution in [3.8, 4) is 0 Å². The molecule has 0 radical (unpaired) electrons. The summed E-state index contributed by atoms with van der Waals surface area (Å²) in [5.41, 5.74) is 0. The number of hydrogen-bond donors (Lipinski definition) is 3. The van der Waals surface area contributed by atoms with E-state index in [4.69, 9.17) is 37.0 Å². The summed E-state index contributed by atoms with van der Waals surface area (Å²) in [5, 5.41) is 10.6. The average molecular weight is 1440 g/mol. The Hall–Kier alpha value is -4.80. The highest BCUT2D eigenvalue weighted by Gasteiger charge is 2.30. The highest BCUT2D eigenvalue weighted by molar-refractivity contribution is 7.47. The molecule has 0 heterocycles. The first-order chi connectivity index (χ1) is 48.7. The van der Waals surface area contributed by atoms with Crippen molar-refractivity contribution in [2.45, 2.75) is 316 Å². The molecule has 100 heavy (non-hydrogen) atoms. The smallest absolute Gasteiger partial charge is 0.462 e. The third-order valence-electron chi connectivity index (χ3n) is 15.6. The van der Waals surface area contributed by atoms with Gasteiger partial charge in [0, 0.05) is 25.7 Å². The number of phosphoric ester groups is 2. The maximum absolute atomic E-state index is 13.1. The average Bonchev–Trinajstić information content (AvgIpc) is 1.01. The predicted octanol–water partition coefficient (Wildman–Crippen LogP) is 22.1. The summed E-state index contributed by atoms with van der Waals surface area (Å²) in [6.45, 7) is 4.49. The van der Waals surface area contributed by atoms with E-state index >= 15 is 0 Å². The molecule has 3 N–H and O–H groups in total. The van der Waals surface area contributed by atoms with E-state index in [-0.39, 0.29) is 25.7 Å². The predicted molar refractivity (Wildman–Crippen MR) is 408 cm³/mol. The van der Waals surface area contributed by atoms with Crippen LogP contribution in [0.4, 0.5) is 0 Å². The van der Waals surface area contributed by atoms with Crippen LogP contribution in [0.5, 0.6) is 0 Å². The van der Waals surface area contributed by atoms with Gasteiger partial charge in [-0.15, -0.1) is 0 Å². The summed E-state index contributed by atoms with van der Waals surface area (Å²) in [4.78, 5) is 72.9. The van der Waals surface area contributed by atoms with Gasteiger partial charge in [0.25, 0.3) is 0 Å². The van der Waals surface area contributed by atoms with Crippen molar-refractivity contribution in [2.75, 3.05) is 39.6 Å². The highest BCUT2D eigenvalue weighted by Crippen LogP contribution is 2.45. The fraction of sp³-hybridized carbons (Fsp3) is 0.679. The minimum Gasteiger partial charge on any atom is -0.462 e. The number of hydrogen-bond acceptors (Lipinski definition) is 15. The molecule has 0 aromatic rings. The Morgan fingerprint density at radius 2 is 0.520 bits per heavy atom. The second kappa shape index (κ2) is 72.5. The molecule has 19 heteroatoms. The van der Waals surface area contributed by atoms with E-state index in [1.165, 1.54) is 57.8 Å². The van der Waals surface area contributed by atoms with Crippen LogP contribution in [0.25, 0.3) is 0 Å². The molecule has 0 aliphatic heterocycles. The minimum absolute atomic E-state index is 0.0295. The van der Waals surface area contributed by atoms with Gasteiger partial charge in [-0.05, 0) is 161 Å². The van der Waals surface area contributed by atoms with E-state index < -0.39 is 97.5 Å². The summed E-state index contributed by atoms with van der Waals surface area (Å²) in [7, 11) is -9.99. The fourth-order valence-corrected chi connectivity index (χ4v) is 11.3. The molecule has 0 spiro atoms. The van der Waals surface area contributed by atoms with Gasteiger partial charge in [0.2, 0.25) is 0 Å². The van der Waals surface area contributed by atoms with Gasteiger partial charge in [0.05, 0.1) is 26.4 Å². The molecule has 0 saturated heterocycles. The Bertz CT molecular complexity index is 2420. The second-order valence-corrected chi connectivity index (χ2v) is 28.1. The van der Waals surface area contributed by atoms with Gasteiger partial charge in [0.15, 0.2) is 12.2 Å². The van der Waals surface area contributed by atoms with Crippen LogP contribution in [0.2, 0.25) is 0 Å². The molecule has 572 valence electrons. The molecule has 0 saturated carbocycles. The van der Waals surface area contributed by atoms with E-state index in [2.05, 4.69) is 161 Å². The van der Waals surface area contributed by atoms with Crippen LogP contribution in [0, 0.1) is 0 Å². The number of aliphatic hydroxyl groups is 1. The van der Waals surface area contributed by atoms with Crippen molar-refractivity contribution < 1.29 is 80.2 Å². The lowest BCUT2D eigenvalue weighted by molar-refractivity contribution is -0.161. The standard InChI is InChI=1S/C81H136O17P2/c1-5-9-13-17-21-25-29-33-37-41-45-49-53-57-61-65-78(83)91-71-76(97-80(85)67-63-59-55-51-47-43-39-35-31-27-23-19-15-11-7-3)73-95-99(87,88)93-69-75(82)70-94-100(89,90)96-74-77(98-81(86)68-64-60-56-52-48-44-40-36-32-28-24-20-16-12-8-4)72-92-79(84)66-62-58-54-50-46-42-38-34-30-26-22-18-14-10-6-2/h9,11,13,15,21-23,25-27,33-40,45,47,49,51,75-77,82H,5-8,10,12,14,16-20,24,28-32,41-44,46,48,50,52-74H2,1-4H3,(H,87,88)(H,89,90)/b13-9-,15-11-,25-21-,26-22-,27-23-,37-33-,38-34-,39-35-,40-36-,49-45-,51-47-. The summed E-state index contributed by atoms with van der Waals surface area (Å²) >= 11 is 0. The number of ether oxygens (including phenoxy) is 4. The van der Waals surface area contributed by atoms with Crippen molar-refractivity contribution >= 4 is 39.5 Å². The Kier molecular flexibility index (Phi) is 69.1. The molecule has 17 nitrogen and oxygen atoms in total. The number of unbranched alkanes of at least 4 members (excludes halogenated alkanes) is 23. The van der Waals surface area contributed by atoms with Gasteiger partial charge in [-0.3, -0.25) is 37.3 Å². The zero-order valence-electron chi connectivity index (χ0n) is 62.3. The lowest BCUT2D eigenvalue weighted by Gasteiger charge is -2.21. The number of allylic oxidation sites excluding steroid dienone is 22. The first-order valence-electron chi connectivity index (χ1n) is 38.4. The quantitative estimate of drug-likeness (QED) is 0.0169. The molecular weight excluding hydrogens is 1310 g/mol. The summed E-state index contributed by atoms with van der Waals surface area (Å²) in [6.07, 6.45) is 80.2. The fourth-order valence-electron chi connectivity index (χ4n) is 9.75. The molecule has 5 unspecified atom stereocenters. The molecule has 0 amide bonds. The third kappa shape index (κ3) is 71.6. The van der Waals surface area contributed by atoms with Crippen molar-refractivity contribution in [1.29, 1.82) is 0 Å². The molecule has 0 rings (SSSR count). The maximum atomic E-state index is 13.1. The van der Waals surface area contributed by atoms with E-state index in [0.717, 1.165) is 154 Å². The van der Waals surface area contributed by atoms with Crippen LogP contribution in [0.15, 0.2) is 134 Å².